The Bertz CT molecular complexity index is 990. The monoisotopic (exact) mass is 440 g/mol. The summed E-state index contributed by atoms with van der Waals surface area (Å²) >= 11 is 6.29. The van der Waals surface area contributed by atoms with Gasteiger partial charge in [-0.2, -0.15) is 0 Å². The van der Waals surface area contributed by atoms with Crippen molar-refractivity contribution in [2.24, 2.45) is 5.92 Å². The van der Waals surface area contributed by atoms with Gasteiger partial charge in [-0.1, -0.05) is 31.5 Å². The minimum Gasteiger partial charge on any atom is -0.493 e. The fraction of sp³-hybridized carbons (Fsp3) is 0.350. The van der Waals surface area contributed by atoms with E-state index < -0.39 is 15.9 Å². The fourth-order valence-corrected chi connectivity index (χ4v) is 3.60. The first-order chi connectivity index (χ1) is 13.6. The lowest BCUT2D eigenvalue weighted by atomic mass is 10.1. The van der Waals surface area contributed by atoms with Gasteiger partial charge in [0.2, 0.25) is 10.0 Å². The van der Waals surface area contributed by atoms with Crippen LogP contribution < -0.4 is 14.8 Å². The molecule has 1 amide bonds. The summed E-state index contributed by atoms with van der Waals surface area (Å²) in [6, 6.07) is 9.03. The molecule has 0 aliphatic rings. The van der Waals surface area contributed by atoms with Crippen LogP contribution in [-0.2, 0) is 10.0 Å². The summed E-state index contributed by atoms with van der Waals surface area (Å²) in [6.07, 6.45) is 0. The standard InChI is InChI=1S/C20H25ClN2O5S/c1-13(2)12-28-19-17(21)9-14(10-18(19)27-5)20(24)22-15-7-6-8-16(11-15)29(25,26)23(3)4/h6-11,13H,12H2,1-5H3,(H,22,24). The van der Waals surface area contributed by atoms with Crippen molar-refractivity contribution in [1.82, 2.24) is 4.31 Å². The summed E-state index contributed by atoms with van der Waals surface area (Å²) in [4.78, 5) is 12.8. The van der Waals surface area contributed by atoms with Crippen LogP contribution in [0.1, 0.15) is 24.2 Å². The number of anilines is 1. The van der Waals surface area contributed by atoms with Crippen molar-refractivity contribution in [2.75, 3.05) is 33.1 Å². The lowest BCUT2D eigenvalue weighted by molar-refractivity contribution is 0.102. The van der Waals surface area contributed by atoms with Gasteiger partial charge in [-0.25, -0.2) is 12.7 Å². The predicted octanol–water partition coefficient (Wildman–Crippen LogP) is 3.89. The molecule has 0 bridgehead atoms. The average Bonchev–Trinajstić information content (AvgIpc) is 2.66. The Morgan fingerprint density at radius 3 is 2.48 bits per heavy atom. The van der Waals surface area contributed by atoms with Crippen LogP contribution in [-0.4, -0.2) is 46.4 Å². The summed E-state index contributed by atoms with van der Waals surface area (Å²) in [5, 5.41) is 2.93. The van der Waals surface area contributed by atoms with E-state index in [1.54, 1.807) is 12.1 Å². The first-order valence-electron chi connectivity index (χ1n) is 8.90. The third-order valence-electron chi connectivity index (χ3n) is 3.92. The number of benzene rings is 2. The van der Waals surface area contributed by atoms with Crippen LogP contribution in [0, 0.1) is 5.92 Å². The Kier molecular flexibility index (Phi) is 7.51. The van der Waals surface area contributed by atoms with E-state index in [0.29, 0.717) is 29.7 Å². The number of amides is 1. The summed E-state index contributed by atoms with van der Waals surface area (Å²) in [5.41, 5.74) is 0.595. The van der Waals surface area contributed by atoms with Gasteiger partial charge in [0, 0.05) is 25.3 Å². The number of carbonyl (C=O) groups excluding carboxylic acids is 1. The van der Waals surface area contributed by atoms with E-state index in [1.165, 1.54) is 45.5 Å². The Morgan fingerprint density at radius 2 is 1.90 bits per heavy atom. The molecule has 158 valence electrons. The minimum absolute atomic E-state index is 0.0772. The molecule has 9 heteroatoms. The van der Waals surface area contributed by atoms with Crippen molar-refractivity contribution >= 4 is 33.2 Å². The largest absolute Gasteiger partial charge is 0.493 e. The number of rotatable bonds is 8. The molecule has 2 aromatic carbocycles. The molecule has 7 nitrogen and oxygen atoms in total. The molecule has 2 rings (SSSR count). The normalized spacial score (nSPS) is 11.6. The number of carbonyl (C=O) groups is 1. The first-order valence-corrected chi connectivity index (χ1v) is 10.7. The molecule has 0 aliphatic carbocycles. The van der Waals surface area contributed by atoms with E-state index in [4.69, 9.17) is 21.1 Å². The van der Waals surface area contributed by atoms with Crippen molar-refractivity contribution in [3.8, 4) is 11.5 Å². The van der Waals surface area contributed by atoms with E-state index in [9.17, 15) is 13.2 Å². The van der Waals surface area contributed by atoms with Crippen molar-refractivity contribution in [3.05, 3.63) is 47.0 Å². The van der Waals surface area contributed by atoms with Crippen LogP contribution in [0.15, 0.2) is 41.3 Å². The molecule has 0 saturated heterocycles. The maximum Gasteiger partial charge on any atom is 0.255 e. The van der Waals surface area contributed by atoms with Gasteiger partial charge in [0.15, 0.2) is 11.5 Å². The van der Waals surface area contributed by atoms with Crippen LogP contribution in [0.3, 0.4) is 0 Å². The zero-order valence-corrected chi connectivity index (χ0v) is 18.6. The number of ether oxygens (including phenoxy) is 2. The van der Waals surface area contributed by atoms with Gasteiger partial charge in [0.05, 0.1) is 23.6 Å². The van der Waals surface area contributed by atoms with Crippen LogP contribution in [0.5, 0.6) is 11.5 Å². The summed E-state index contributed by atoms with van der Waals surface area (Å²) in [6.45, 7) is 4.47. The van der Waals surface area contributed by atoms with Gasteiger partial charge in [-0.05, 0) is 36.2 Å². The zero-order chi connectivity index (χ0) is 21.8. The Balaban J connectivity index is 2.29. The number of nitrogens with one attached hydrogen (secondary N) is 1. The van der Waals surface area contributed by atoms with E-state index in [0.717, 1.165) is 4.31 Å². The van der Waals surface area contributed by atoms with Crippen LogP contribution in [0.4, 0.5) is 5.69 Å². The third kappa shape index (κ3) is 5.62. The summed E-state index contributed by atoms with van der Waals surface area (Å²) in [5.74, 6) is 0.551. The second-order valence-corrected chi connectivity index (χ2v) is 9.52. The number of sulfonamides is 1. The van der Waals surface area contributed by atoms with Crippen LogP contribution >= 0.6 is 11.6 Å². The molecule has 0 spiro atoms. The van der Waals surface area contributed by atoms with Gasteiger partial charge < -0.3 is 14.8 Å². The second-order valence-electron chi connectivity index (χ2n) is 6.96. The molecule has 1 N–H and O–H groups in total. The molecule has 29 heavy (non-hydrogen) atoms. The molecule has 0 aromatic heterocycles. The number of methoxy groups -OCH3 is 1. The Hall–Kier alpha value is -2.29. The molecule has 2 aromatic rings. The summed E-state index contributed by atoms with van der Waals surface area (Å²) in [7, 11) is 0.736. The highest BCUT2D eigenvalue weighted by atomic mass is 35.5. The highest BCUT2D eigenvalue weighted by molar-refractivity contribution is 7.89. The first kappa shape index (κ1) is 23.0. The van der Waals surface area contributed by atoms with Crippen LogP contribution in [0.25, 0.3) is 0 Å². The maximum atomic E-state index is 12.7. The second kappa shape index (κ2) is 9.47. The quantitative estimate of drug-likeness (QED) is 0.673. The molecule has 0 atom stereocenters. The van der Waals surface area contributed by atoms with Crippen molar-refractivity contribution < 1.29 is 22.7 Å². The number of hydrogen-bond acceptors (Lipinski definition) is 5. The van der Waals surface area contributed by atoms with Crippen molar-refractivity contribution in [3.63, 3.8) is 0 Å². The topological polar surface area (TPSA) is 84.9 Å². The smallest absolute Gasteiger partial charge is 0.255 e. The SMILES string of the molecule is COc1cc(C(=O)Nc2cccc(S(=O)(=O)N(C)C)c2)cc(Cl)c1OCC(C)C. The highest BCUT2D eigenvalue weighted by Gasteiger charge is 2.19. The number of halogens is 1. The molecule has 0 radical (unpaired) electrons. The maximum absolute atomic E-state index is 12.7. The highest BCUT2D eigenvalue weighted by Crippen LogP contribution is 2.37. The predicted molar refractivity (Wildman–Crippen MR) is 114 cm³/mol. The molecule has 0 unspecified atom stereocenters. The van der Waals surface area contributed by atoms with E-state index >= 15 is 0 Å². The van der Waals surface area contributed by atoms with E-state index in [2.05, 4.69) is 5.32 Å². The number of hydrogen-bond donors (Lipinski definition) is 1. The Morgan fingerprint density at radius 1 is 1.21 bits per heavy atom. The lowest BCUT2D eigenvalue weighted by Gasteiger charge is -2.16. The van der Waals surface area contributed by atoms with E-state index in [-0.39, 0.29) is 15.5 Å². The Labute approximate surface area is 176 Å². The molecule has 0 heterocycles. The molecule has 0 saturated carbocycles. The molecular weight excluding hydrogens is 416 g/mol. The number of nitrogens with zero attached hydrogens (tertiary/aromatic N) is 1. The summed E-state index contributed by atoms with van der Waals surface area (Å²) < 4.78 is 36.7. The molecular formula is C20H25ClN2O5S. The van der Waals surface area contributed by atoms with Crippen LogP contribution in [0.2, 0.25) is 5.02 Å². The van der Waals surface area contributed by atoms with Gasteiger partial charge in [-0.15, -0.1) is 0 Å². The van der Waals surface area contributed by atoms with Gasteiger partial charge in [0.25, 0.3) is 5.91 Å². The van der Waals surface area contributed by atoms with Gasteiger partial charge in [-0.3, -0.25) is 4.79 Å². The van der Waals surface area contributed by atoms with Crippen molar-refractivity contribution in [1.29, 1.82) is 0 Å². The van der Waals surface area contributed by atoms with Gasteiger partial charge in [0.1, 0.15) is 0 Å². The average molecular weight is 441 g/mol. The van der Waals surface area contributed by atoms with Crippen molar-refractivity contribution in [2.45, 2.75) is 18.7 Å². The molecule has 0 aliphatic heterocycles. The lowest BCUT2D eigenvalue weighted by Crippen LogP contribution is -2.22. The third-order valence-corrected chi connectivity index (χ3v) is 6.01. The van der Waals surface area contributed by atoms with Gasteiger partial charge >= 0.3 is 0 Å². The zero-order valence-electron chi connectivity index (χ0n) is 17.0. The minimum atomic E-state index is -3.61. The van der Waals surface area contributed by atoms with E-state index in [1.807, 2.05) is 13.8 Å². The molecule has 0 fully saturated rings. The fourth-order valence-electron chi connectivity index (χ4n) is 2.39.